The Kier molecular flexibility index (Phi) is 5.18. The number of amides is 1. The molecule has 0 atom stereocenters. The summed E-state index contributed by atoms with van der Waals surface area (Å²) < 4.78 is 5.67. The number of ether oxygens (including phenoxy) is 1. The summed E-state index contributed by atoms with van der Waals surface area (Å²) in [6.45, 7) is 3.04. The third-order valence-corrected chi connectivity index (χ3v) is 3.98. The molecule has 1 amide bonds. The van der Waals surface area contributed by atoms with E-state index in [0.717, 1.165) is 27.8 Å². The zero-order chi connectivity index (χ0) is 17.6. The molecular weight excluding hydrogens is 318 g/mol. The SMILES string of the molecule is CCOc1cccc2[nH]cc(CC(=O)NCCc3ccc(=O)[nH]c3)c12. The standard InChI is InChI=1S/C19H21N3O3/c1-2-25-16-5-3-4-15-19(16)14(12-21-15)10-18(24)20-9-8-13-6-7-17(23)22-11-13/h3-7,11-12,21H,2,8-10H2,1H3,(H,20,24)(H,22,23). The molecule has 0 bridgehead atoms. The van der Waals surface area contributed by atoms with E-state index < -0.39 is 0 Å². The second kappa shape index (κ2) is 7.70. The molecule has 0 radical (unpaired) electrons. The van der Waals surface area contributed by atoms with Crippen molar-refractivity contribution in [1.82, 2.24) is 15.3 Å². The fraction of sp³-hybridized carbons (Fsp3) is 0.263. The Hall–Kier alpha value is -3.02. The maximum Gasteiger partial charge on any atom is 0.247 e. The van der Waals surface area contributed by atoms with Gasteiger partial charge in [0, 0.05) is 35.9 Å². The summed E-state index contributed by atoms with van der Waals surface area (Å²) in [6.07, 6.45) is 4.48. The molecule has 0 spiro atoms. The lowest BCUT2D eigenvalue weighted by atomic mass is 10.1. The number of fused-ring (bicyclic) bond motifs is 1. The number of rotatable bonds is 7. The zero-order valence-electron chi connectivity index (χ0n) is 14.1. The van der Waals surface area contributed by atoms with Gasteiger partial charge in [-0.2, -0.15) is 0 Å². The van der Waals surface area contributed by atoms with Gasteiger partial charge >= 0.3 is 0 Å². The number of aromatic nitrogens is 2. The van der Waals surface area contributed by atoms with E-state index in [2.05, 4.69) is 15.3 Å². The van der Waals surface area contributed by atoms with Crippen molar-refractivity contribution >= 4 is 16.8 Å². The van der Waals surface area contributed by atoms with Gasteiger partial charge in [0.1, 0.15) is 5.75 Å². The number of aromatic amines is 2. The number of pyridine rings is 1. The highest BCUT2D eigenvalue weighted by Crippen LogP contribution is 2.29. The summed E-state index contributed by atoms with van der Waals surface area (Å²) in [6, 6.07) is 9.06. The van der Waals surface area contributed by atoms with E-state index in [9.17, 15) is 9.59 Å². The van der Waals surface area contributed by atoms with Crippen molar-refractivity contribution in [3.63, 3.8) is 0 Å². The molecule has 1 aromatic carbocycles. The topological polar surface area (TPSA) is 87.0 Å². The van der Waals surface area contributed by atoms with E-state index in [4.69, 9.17) is 4.74 Å². The van der Waals surface area contributed by atoms with Gasteiger partial charge in [-0.15, -0.1) is 0 Å². The minimum atomic E-state index is -0.128. The smallest absolute Gasteiger partial charge is 0.247 e. The van der Waals surface area contributed by atoms with Crippen molar-refractivity contribution in [2.24, 2.45) is 0 Å². The largest absolute Gasteiger partial charge is 0.493 e. The highest BCUT2D eigenvalue weighted by Gasteiger charge is 2.12. The van der Waals surface area contributed by atoms with Gasteiger partial charge in [0.15, 0.2) is 0 Å². The lowest BCUT2D eigenvalue weighted by molar-refractivity contribution is -0.120. The minimum Gasteiger partial charge on any atom is -0.493 e. The van der Waals surface area contributed by atoms with Crippen LogP contribution in [0.2, 0.25) is 0 Å². The predicted molar refractivity (Wildman–Crippen MR) is 96.9 cm³/mol. The van der Waals surface area contributed by atoms with Crippen LogP contribution in [-0.2, 0) is 17.6 Å². The van der Waals surface area contributed by atoms with Crippen molar-refractivity contribution in [3.05, 3.63) is 64.2 Å². The summed E-state index contributed by atoms with van der Waals surface area (Å²) >= 11 is 0. The molecule has 25 heavy (non-hydrogen) atoms. The molecule has 0 saturated heterocycles. The van der Waals surface area contributed by atoms with Crippen LogP contribution < -0.4 is 15.6 Å². The predicted octanol–water partition coefficient (Wildman–Crippen LogP) is 2.16. The monoisotopic (exact) mass is 339 g/mol. The third-order valence-electron chi connectivity index (χ3n) is 3.98. The van der Waals surface area contributed by atoms with Crippen LogP contribution in [0.15, 0.2) is 47.5 Å². The van der Waals surface area contributed by atoms with Crippen LogP contribution in [0.3, 0.4) is 0 Å². The molecule has 0 unspecified atom stereocenters. The molecule has 130 valence electrons. The Bertz CT molecular complexity index is 907. The molecule has 0 aliphatic heterocycles. The Morgan fingerprint density at radius 2 is 2.04 bits per heavy atom. The van der Waals surface area contributed by atoms with E-state index in [1.54, 1.807) is 12.3 Å². The van der Waals surface area contributed by atoms with Crippen LogP contribution in [0.25, 0.3) is 10.9 Å². The molecule has 2 aromatic heterocycles. The molecule has 6 nitrogen and oxygen atoms in total. The second-order valence-corrected chi connectivity index (χ2v) is 5.76. The van der Waals surface area contributed by atoms with E-state index >= 15 is 0 Å². The Morgan fingerprint density at radius 3 is 2.80 bits per heavy atom. The Balaban J connectivity index is 1.62. The van der Waals surface area contributed by atoms with Crippen molar-refractivity contribution < 1.29 is 9.53 Å². The second-order valence-electron chi connectivity index (χ2n) is 5.76. The van der Waals surface area contributed by atoms with Crippen LogP contribution in [0.4, 0.5) is 0 Å². The van der Waals surface area contributed by atoms with Crippen LogP contribution in [-0.4, -0.2) is 29.0 Å². The molecule has 6 heteroatoms. The molecule has 0 aliphatic carbocycles. The third kappa shape index (κ3) is 4.09. The van der Waals surface area contributed by atoms with Crippen LogP contribution in [0, 0.1) is 0 Å². The van der Waals surface area contributed by atoms with Crippen LogP contribution in [0.1, 0.15) is 18.1 Å². The number of hydrogen-bond donors (Lipinski definition) is 3. The van der Waals surface area contributed by atoms with Gasteiger partial charge in [-0.05, 0) is 36.6 Å². The maximum absolute atomic E-state index is 12.2. The molecule has 3 aromatic rings. The quantitative estimate of drug-likeness (QED) is 0.616. The number of benzene rings is 1. The normalized spacial score (nSPS) is 10.8. The summed E-state index contributed by atoms with van der Waals surface area (Å²) in [7, 11) is 0. The minimum absolute atomic E-state index is 0.0448. The average molecular weight is 339 g/mol. The fourth-order valence-corrected chi connectivity index (χ4v) is 2.81. The number of carbonyl (C=O) groups excluding carboxylic acids is 1. The summed E-state index contributed by atoms with van der Waals surface area (Å²) in [5.74, 6) is 0.744. The summed E-state index contributed by atoms with van der Waals surface area (Å²) in [4.78, 5) is 29.1. The van der Waals surface area contributed by atoms with Crippen LogP contribution in [0.5, 0.6) is 5.75 Å². The van der Waals surface area contributed by atoms with E-state index in [-0.39, 0.29) is 17.9 Å². The van der Waals surface area contributed by atoms with E-state index in [1.807, 2.05) is 31.3 Å². The van der Waals surface area contributed by atoms with Crippen molar-refractivity contribution in [3.8, 4) is 5.75 Å². The van der Waals surface area contributed by atoms with Gasteiger partial charge < -0.3 is 20.0 Å². The van der Waals surface area contributed by atoms with Crippen molar-refractivity contribution in [1.29, 1.82) is 0 Å². The number of nitrogens with one attached hydrogen (secondary N) is 3. The highest BCUT2D eigenvalue weighted by atomic mass is 16.5. The van der Waals surface area contributed by atoms with Gasteiger partial charge in [-0.3, -0.25) is 9.59 Å². The van der Waals surface area contributed by atoms with E-state index in [0.29, 0.717) is 19.6 Å². The lowest BCUT2D eigenvalue weighted by Gasteiger charge is -2.08. The van der Waals surface area contributed by atoms with Crippen molar-refractivity contribution in [2.75, 3.05) is 13.2 Å². The number of carbonyl (C=O) groups is 1. The van der Waals surface area contributed by atoms with Gasteiger partial charge in [0.25, 0.3) is 0 Å². The van der Waals surface area contributed by atoms with E-state index in [1.165, 1.54) is 6.07 Å². The first-order valence-corrected chi connectivity index (χ1v) is 8.33. The molecule has 0 aliphatic rings. The number of hydrogen-bond acceptors (Lipinski definition) is 3. The average Bonchev–Trinajstić information content (AvgIpc) is 3.01. The van der Waals surface area contributed by atoms with Gasteiger partial charge in [-0.1, -0.05) is 12.1 Å². The number of H-pyrrole nitrogens is 2. The molecular formula is C19H21N3O3. The molecule has 3 rings (SSSR count). The van der Waals surface area contributed by atoms with Gasteiger partial charge in [0.2, 0.25) is 11.5 Å². The lowest BCUT2D eigenvalue weighted by Crippen LogP contribution is -2.27. The molecule has 0 fully saturated rings. The first-order valence-electron chi connectivity index (χ1n) is 8.33. The summed E-state index contributed by atoms with van der Waals surface area (Å²) in [5, 5.41) is 3.87. The first kappa shape index (κ1) is 16.8. The van der Waals surface area contributed by atoms with Gasteiger partial charge in [-0.25, -0.2) is 0 Å². The maximum atomic E-state index is 12.2. The Labute approximate surface area is 145 Å². The van der Waals surface area contributed by atoms with Crippen molar-refractivity contribution in [2.45, 2.75) is 19.8 Å². The highest BCUT2D eigenvalue weighted by molar-refractivity contribution is 5.93. The molecule has 3 N–H and O–H groups in total. The van der Waals surface area contributed by atoms with Crippen LogP contribution >= 0.6 is 0 Å². The molecule has 2 heterocycles. The zero-order valence-corrected chi connectivity index (χ0v) is 14.1. The fourth-order valence-electron chi connectivity index (χ4n) is 2.81. The van der Waals surface area contributed by atoms with Gasteiger partial charge in [0.05, 0.1) is 13.0 Å². The first-order chi connectivity index (χ1) is 12.2. The molecule has 0 saturated carbocycles. The summed E-state index contributed by atoms with van der Waals surface area (Å²) in [5.41, 5.74) is 2.73. The Morgan fingerprint density at radius 1 is 1.16 bits per heavy atom.